The van der Waals surface area contributed by atoms with Gasteiger partial charge in [-0.2, -0.15) is 5.10 Å². The normalized spacial score (nSPS) is 10.7. The zero-order chi connectivity index (χ0) is 18.0. The second-order valence-electron chi connectivity index (χ2n) is 5.67. The standard InChI is InChI=1S/C17H16FN5O2/c1-9-3-15(24)22-16(21-9)17(25)19-7-11-4-12(6-13(18)5-11)14-8-20-23-10(14)2/h3-6,8H,7H2,1-2H3,(H,19,25)(H,20,23)(H,21,22,24). The average molecular weight is 341 g/mol. The van der Waals surface area contributed by atoms with Gasteiger partial charge in [-0.3, -0.25) is 14.7 Å². The molecule has 0 bridgehead atoms. The van der Waals surface area contributed by atoms with Crippen LogP contribution in [0.2, 0.25) is 0 Å². The summed E-state index contributed by atoms with van der Waals surface area (Å²) < 4.78 is 13.9. The molecule has 0 aliphatic heterocycles. The number of carbonyl (C=O) groups is 1. The first kappa shape index (κ1) is 16.6. The molecule has 2 heterocycles. The molecule has 0 unspecified atom stereocenters. The Morgan fingerprint density at radius 2 is 2.04 bits per heavy atom. The molecule has 1 aromatic carbocycles. The highest BCUT2D eigenvalue weighted by molar-refractivity contribution is 5.90. The van der Waals surface area contributed by atoms with E-state index in [9.17, 15) is 14.0 Å². The molecule has 1 amide bonds. The van der Waals surface area contributed by atoms with Gasteiger partial charge in [-0.05, 0) is 43.2 Å². The molecule has 0 saturated carbocycles. The Morgan fingerprint density at radius 3 is 2.72 bits per heavy atom. The predicted octanol–water partition coefficient (Wildman–Crippen LogP) is 1.85. The Labute approximate surface area is 142 Å². The molecule has 3 aromatic rings. The number of aryl methyl sites for hydroxylation is 2. The van der Waals surface area contributed by atoms with Crippen LogP contribution >= 0.6 is 0 Å². The van der Waals surface area contributed by atoms with Gasteiger partial charge in [0.1, 0.15) is 5.82 Å². The van der Waals surface area contributed by atoms with Gasteiger partial charge in [0.2, 0.25) is 0 Å². The molecule has 128 valence electrons. The van der Waals surface area contributed by atoms with Gasteiger partial charge in [0, 0.05) is 29.6 Å². The summed E-state index contributed by atoms with van der Waals surface area (Å²) in [6, 6.07) is 5.81. The first-order valence-electron chi connectivity index (χ1n) is 7.58. The van der Waals surface area contributed by atoms with Gasteiger partial charge in [0.15, 0.2) is 5.82 Å². The van der Waals surface area contributed by atoms with Gasteiger partial charge >= 0.3 is 0 Å². The van der Waals surface area contributed by atoms with Crippen LogP contribution in [0.3, 0.4) is 0 Å². The van der Waals surface area contributed by atoms with Gasteiger partial charge in [0.25, 0.3) is 11.5 Å². The number of aromatic nitrogens is 4. The van der Waals surface area contributed by atoms with E-state index in [0.717, 1.165) is 11.3 Å². The SMILES string of the molecule is Cc1cc(=O)[nH]c(C(=O)NCc2cc(F)cc(-c3cn[nH]c3C)c2)n1. The summed E-state index contributed by atoms with van der Waals surface area (Å²) in [6.07, 6.45) is 1.62. The molecule has 25 heavy (non-hydrogen) atoms. The fourth-order valence-corrected chi connectivity index (χ4v) is 2.50. The minimum Gasteiger partial charge on any atom is -0.345 e. The lowest BCUT2D eigenvalue weighted by Crippen LogP contribution is -2.27. The van der Waals surface area contributed by atoms with Crippen molar-refractivity contribution in [1.82, 2.24) is 25.5 Å². The first-order valence-corrected chi connectivity index (χ1v) is 7.58. The summed E-state index contributed by atoms with van der Waals surface area (Å²) in [5, 5.41) is 9.36. The van der Waals surface area contributed by atoms with Crippen LogP contribution in [0.1, 0.15) is 27.6 Å². The summed E-state index contributed by atoms with van der Waals surface area (Å²) in [7, 11) is 0. The number of amides is 1. The van der Waals surface area contributed by atoms with Crippen LogP contribution in [0.5, 0.6) is 0 Å². The lowest BCUT2D eigenvalue weighted by atomic mass is 10.0. The van der Waals surface area contributed by atoms with Gasteiger partial charge < -0.3 is 10.3 Å². The van der Waals surface area contributed by atoms with Crippen molar-refractivity contribution in [2.24, 2.45) is 0 Å². The van der Waals surface area contributed by atoms with E-state index < -0.39 is 17.3 Å². The van der Waals surface area contributed by atoms with Crippen LogP contribution in [0, 0.1) is 19.7 Å². The number of nitrogens with one attached hydrogen (secondary N) is 3. The lowest BCUT2D eigenvalue weighted by Gasteiger charge is -2.08. The van der Waals surface area contributed by atoms with E-state index in [4.69, 9.17) is 0 Å². The molecule has 8 heteroatoms. The Bertz CT molecular complexity index is 993. The molecule has 0 fully saturated rings. The first-order chi connectivity index (χ1) is 11.9. The Balaban J connectivity index is 1.79. The highest BCUT2D eigenvalue weighted by Crippen LogP contribution is 2.23. The van der Waals surface area contributed by atoms with Crippen molar-refractivity contribution in [2.45, 2.75) is 20.4 Å². The van der Waals surface area contributed by atoms with Crippen LogP contribution in [-0.4, -0.2) is 26.1 Å². The number of H-pyrrole nitrogens is 2. The average Bonchev–Trinajstić information content (AvgIpc) is 2.97. The van der Waals surface area contributed by atoms with Crippen molar-refractivity contribution in [3.63, 3.8) is 0 Å². The molecule has 3 N–H and O–H groups in total. The largest absolute Gasteiger partial charge is 0.345 e. The van der Waals surface area contributed by atoms with Crippen LogP contribution in [-0.2, 0) is 6.54 Å². The monoisotopic (exact) mass is 341 g/mol. The zero-order valence-corrected chi connectivity index (χ0v) is 13.7. The summed E-state index contributed by atoms with van der Waals surface area (Å²) in [6.45, 7) is 3.56. The summed E-state index contributed by atoms with van der Waals surface area (Å²) in [5.74, 6) is -1.03. The summed E-state index contributed by atoms with van der Waals surface area (Å²) in [5.41, 5.74) is 2.90. The van der Waals surface area contributed by atoms with Gasteiger partial charge in [-0.15, -0.1) is 0 Å². The second-order valence-corrected chi connectivity index (χ2v) is 5.67. The molecule has 0 atom stereocenters. The highest BCUT2D eigenvalue weighted by atomic mass is 19.1. The topological polar surface area (TPSA) is 104 Å². The highest BCUT2D eigenvalue weighted by Gasteiger charge is 2.11. The van der Waals surface area contributed by atoms with E-state index in [1.54, 1.807) is 19.2 Å². The van der Waals surface area contributed by atoms with Gasteiger partial charge in [0.05, 0.1) is 6.20 Å². The molecule has 0 aliphatic carbocycles. The van der Waals surface area contributed by atoms with Crippen molar-refractivity contribution >= 4 is 5.91 Å². The quantitative estimate of drug-likeness (QED) is 0.673. The van der Waals surface area contributed by atoms with E-state index >= 15 is 0 Å². The van der Waals surface area contributed by atoms with Crippen LogP contribution in [0.15, 0.2) is 35.3 Å². The lowest BCUT2D eigenvalue weighted by molar-refractivity contribution is 0.0939. The molecule has 0 spiro atoms. The number of halogens is 1. The third kappa shape index (κ3) is 3.79. The number of nitrogens with zero attached hydrogens (tertiary/aromatic N) is 2. The molecule has 3 rings (SSSR count). The van der Waals surface area contributed by atoms with Crippen molar-refractivity contribution in [1.29, 1.82) is 0 Å². The summed E-state index contributed by atoms with van der Waals surface area (Å²) >= 11 is 0. The Hall–Kier alpha value is -3.29. The van der Waals surface area contributed by atoms with Crippen molar-refractivity contribution in [3.05, 3.63) is 69.4 Å². The van der Waals surface area contributed by atoms with Crippen molar-refractivity contribution in [2.75, 3.05) is 0 Å². The number of aromatic amines is 2. The fourth-order valence-electron chi connectivity index (χ4n) is 2.50. The Kier molecular flexibility index (Phi) is 4.42. The number of hydrogen-bond donors (Lipinski definition) is 3. The zero-order valence-electron chi connectivity index (χ0n) is 13.7. The molecular weight excluding hydrogens is 325 g/mol. The Morgan fingerprint density at radius 1 is 1.24 bits per heavy atom. The van der Waals surface area contributed by atoms with Crippen molar-refractivity contribution < 1.29 is 9.18 Å². The summed E-state index contributed by atoms with van der Waals surface area (Å²) in [4.78, 5) is 29.9. The predicted molar refractivity (Wildman–Crippen MR) is 89.5 cm³/mol. The van der Waals surface area contributed by atoms with E-state index in [1.807, 2.05) is 6.92 Å². The molecule has 7 nitrogen and oxygen atoms in total. The van der Waals surface area contributed by atoms with E-state index in [0.29, 0.717) is 16.8 Å². The molecule has 2 aromatic heterocycles. The van der Waals surface area contributed by atoms with Crippen molar-refractivity contribution in [3.8, 4) is 11.1 Å². The molecule has 0 saturated heterocycles. The fraction of sp³-hybridized carbons (Fsp3) is 0.176. The van der Waals surface area contributed by atoms with E-state index in [2.05, 4.69) is 25.5 Å². The van der Waals surface area contributed by atoms with Crippen LogP contribution in [0.4, 0.5) is 4.39 Å². The maximum Gasteiger partial charge on any atom is 0.287 e. The molecule has 0 aliphatic rings. The number of benzene rings is 1. The maximum absolute atomic E-state index is 13.9. The van der Waals surface area contributed by atoms with Crippen LogP contribution < -0.4 is 10.9 Å². The number of rotatable bonds is 4. The van der Waals surface area contributed by atoms with Gasteiger partial charge in [-0.1, -0.05) is 0 Å². The molecule has 0 radical (unpaired) electrons. The molecular formula is C17H16FN5O2. The van der Waals surface area contributed by atoms with Crippen LogP contribution in [0.25, 0.3) is 11.1 Å². The minimum atomic E-state index is -0.536. The number of carbonyl (C=O) groups excluding carboxylic acids is 1. The van der Waals surface area contributed by atoms with Gasteiger partial charge in [-0.25, -0.2) is 9.37 Å². The third-order valence-corrected chi connectivity index (χ3v) is 3.64. The second kappa shape index (κ2) is 6.68. The minimum absolute atomic E-state index is 0.0766. The van der Waals surface area contributed by atoms with E-state index in [-0.39, 0.29) is 12.4 Å². The third-order valence-electron chi connectivity index (χ3n) is 3.64. The number of hydrogen-bond acceptors (Lipinski definition) is 4. The van der Waals surface area contributed by atoms with E-state index in [1.165, 1.54) is 18.2 Å². The maximum atomic E-state index is 13.9. The smallest absolute Gasteiger partial charge is 0.287 e.